The standard InChI is InChI=1S/C28H28/c1-27(2,3)25-21-13-9-11-17-14-15-19-16-18-10-7-8-12-20(18)24(23(19)22(17)21)26(25)28(4,5)6/h7-16H,1-6H3. The van der Waals surface area contributed by atoms with Crippen LogP contribution in [0, 0.1) is 0 Å². The molecule has 5 aromatic rings. The van der Waals surface area contributed by atoms with E-state index >= 15 is 0 Å². The maximum Gasteiger partial charge on any atom is -0.00172 e. The summed E-state index contributed by atoms with van der Waals surface area (Å²) in [4.78, 5) is 0. The fourth-order valence-electron chi connectivity index (χ4n) is 5.19. The summed E-state index contributed by atoms with van der Waals surface area (Å²) in [6, 6.07) is 22.7. The molecule has 0 unspecified atom stereocenters. The molecular weight excluding hydrogens is 336 g/mol. The molecule has 5 rings (SSSR count). The predicted octanol–water partition coefficient (Wildman–Crippen LogP) is 8.33. The quantitative estimate of drug-likeness (QED) is 0.191. The van der Waals surface area contributed by atoms with Crippen LogP contribution in [0.3, 0.4) is 0 Å². The first-order valence-electron chi connectivity index (χ1n) is 10.3. The van der Waals surface area contributed by atoms with E-state index < -0.39 is 0 Å². The number of benzene rings is 5. The summed E-state index contributed by atoms with van der Waals surface area (Å²) in [7, 11) is 0. The van der Waals surface area contributed by atoms with Crippen LogP contribution in [-0.2, 0) is 10.8 Å². The van der Waals surface area contributed by atoms with Crippen molar-refractivity contribution in [2.24, 2.45) is 0 Å². The molecular formula is C28H28. The molecule has 0 N–H and O–H groups in total. The van der Waals surface area contributed by atoms with Gasteiger partial charge in [-0.25, -0.2) is 0 Å². The summed E-state index contributed by atoms with van der Waals surface area (Å²) < 4.78 is 0. The zero-order valence-corrected chi connectivity index (χ0v) is 17.8. The minimum absolute atomic E-state index is 0.0510. The molecule has 0 atom stereocenters. The van der Waals surface area contributed by atoms with Gasteiger partial charge < -0.3 is 0 Å². The van der Waals surface area contributed by atoms with Crippen molar-refractivity contribution in [2.45, 2.75) is 52.4 Å². The van der Waals surface area contributed by atoms with E-state index in [1.54, 1.807) is 0 Å². The molecule has 0 aromatic heterocycles. The Kier molecular flexibility index (Phi) is 3.42. The highest BCUT2D eigenvalue weighted by atomic mass is 14.3. The van der Waals surface area contributed by atoms with Gasteiger partial charge in [-0.3, -0.25) is 0 Å². The van der Waals surface area contributed by atoms with Gasteiger partial charge in [-0.2, -0.15) is 0 Å². The van der Waals surface area contributed by atoms with Crippen molar-refractivity contribution in [3.8, 4) is 0 Å². The molecule has 0 heterocycles. The Morgan fingerprint density at radius 1 is 0.464 bits per heavy atom. The van der Waals surface area contributed by atoms with E-state index in [1.165, 1.54) is 54.2 Å². The summed E-state index contributed by atoms with van der Waals surface area (Å²) in [5, 5.41) is 11.1. The molecule has 0 saturated carbocycles. The summed E-state index contributed by atoms with van der Waals surface area (Å²) in [5.74, 6) is 0. The highest BCUT2D eigenvalue weighted by Crippen LogP contribution is 2.49. The molecule has 0 aliphatic heterocycles. The van der Waals surface area contributed by atoms with Gasteiger partial charge in [0.2, 0.25) is 0 Å². The van der Waals surface area contributed by atoms with Crippen molar-refractivity contribution >= 4 is 43.1 Å². The number of fused-ring (bicyclic) bond motifs is 2. The van der Waals surface area contributed by atoms with E-state index in [4.69, 9.17) is 0 Å². The molecule has 0 aliphatic rings. The summed E-state index contributed by atoms with van der Waals surface area (Å²) in [6.07, 6.45) is 0. The Morgan fingerprint density at radius 3 is 1.79 bits per heavy atom. The number of rotatable bonds is 0. The van der Waals surface area contributed by atoms with Crippen LogP contribution in [0.2, 0.25) is 0 Å². The molecule has 28 heavy (non-hydrogen) atoms. The second-order valence-electron chi connectivity index (χ2n) is 10.3. The predicted molar refractivity (Wildman–Crippen MR) is 125 cm³/mol. The number of hydrogen-bond acceptors (Lipinski definition) is 0. The van der Waals surface area contributed by atoms with E-state index in [0.717, 1.165) is 0 Å². The van der Waals surface area contributed by atoms with Crippen LogP contribution >= 0.6 is 0 Å². The third kappa shape index (κ3) is 2.30. The van der Waals surface area contributed by atoms with Crippen molar-refractivity contribution < 1.29 is 0 Å². The molecule has 0 spiro atoms. The Labute approximate surface area is 167 Å². The first kappa shape index (κ1) is 17.5. The van der Waals surface area contributed by atoms with Gasteiger partial charge in [-0.1, -0.05) is 96.1 Å². The van der Waals surface area contributed by atoms with Crippen molar-refractivity contribution in [3.05, 3.63) is 71.8 Å². The van der Waals surface area contributed by atoms with Crippen molar-refractivity contribution in [2.75, 3.05) is 0 Å². The zero-order chi connectivity index (χ0) is 19.8. The molecule has 0 fully saturated rings. The molecule has 0 amide bonds. The van der Waals surface area contributed by atoms with E-state index in [1.807, 2.05) is 0 Å². The van der Waals surface area contributed by atoms with Gasteiger partial charge in [-0.05, 0) is 71.1 Å². The minimum atomic E-state index is 0.0510. The fraction of sp³-hybridized carbons (Fsp3) is 0.286. The van der Waals surface area contributed by atoms with Crippen LogP contribution in [0.1, 0.15) is 52.7 Å². The second kappa shape index (κ2) is 5.47. The lowest BCUT2D eigenvalue weighted by Gasteiger charge is -2.34. The maximum atomic E-state index is 2.37. The SMILES string of the molecule is CC(C)(C)c1c(C(C)(C)C)c2c3ccccc3cc3ccc4cccc1c4c32. The number of hydrogen-bond donors (Lipinski definition) is 0. The topological polar surface area (TPSA) is 0 Å². The lowest BCUT2D eigenvalue weighted by atomic mass is 9.69. The lowest BCUT2D eigenvalue weighted by molar-refractivity contribution is 0.539. The Balaban J connectivity index is 2.27. The third-order valence-corrected chi connectivity index (χ3v) is 6.14. The van der Waals surface area contributed by atoms with Crippen LogP contribution in [0.4, 0.5) is 0 Å². The van der Waals surface area contributed by atoms with Crippen molar-refractivity contribution in [1.82, 2.24) is 0 Å². The largest absolute Gasteiger partial charge is 0.0616 e. The average Bonchev–Trinajstić information content (AvgIpc) is 2.63. The summed E-state index contributed by atoms with van der Waals surface area (Å²) in [6.45, 7) is 14.2. The molecule has 5 aromatic carbocycles. The van der Waals surface area contributed by atoms with Crippen LogP contribution in [-0.4, -0.2) is 0 Å². The van der Waals surface area contributed by atoms with E-state index in [2.05, 4.69) is 102 Å². The summed E-state index contributed by atoms with van der Waals surface area (Å²) in [5.41, 5.74) is 3.12. The monoisotopic (exact) mass is 364 g/mol. The van der Waals surface area contributed by atoms with Gasteiger partial charge in [0.1, 0.15) is 0 Å². The zero-order valence-electron chi connectivity index (χ0n) is 17.8. The van der Waals surface area contributed by atoms with Crippen LogP contribution < -0.4 is 0 Å². The van der Waals surface area contributed by atoms with Crippen LogP contribution in [0.5, 0.6) is 0 Å². The minimum Gasteiger partial charge on any atom is -0.0616 e. The molecule has 0 aliphatic carbocycles. The normalized spacial score (nSPS) is 13.4. The summed E-state index contributed by atoms with van der Waals surface area (Å²) >= 11 is 0. The smallest absolute Gasteiger partial charge is 0.00172 e. The first-order chi connectivity index (χ1) is 13.2. The highest BCUT2D eigenvalue weighted by Gasteiger charge is 2.31. The van der Waals surface area contributed by atoms with Crippen molar-refractivity contribution in [3.63, 3.8) is 0 Å². The molecule has 0 saturated heterocycles. The van der Waals surface area contributed by atoms with Gasteiger partial charge in [-0.15, -0.1) is 0 Å². The molecule has 0 nitrogen and oxygen atoms in total. The van der Waals surface area contributed by atoms with Crippen molar-refractivity contribution in [1.29, 1.82) is 0 Å². The lowest BCUT2D eigenvalue weighted by Crippen LogP contribution is -2.23. The van der Waals surface area contributed by atoms with Gasteiger partial charge in [0, 0.05) is 0 Å². The molecule has 0 bridgehead atoms. The fourth-order valence-corrected chi connectivity index (χ4v) is 5.19. The van der Waals surface area contributed by atoms with E-state index in [9.17, 15) is 0 Å². The second-order valence-corrected chi connectivity index (χ2v) is 10.3. The van der Waals surface area contributed by atoms with Crippen LogP contribution in [0.25, 0.3) is 43.1 Å². The maximum absolute atomic E-state index is 2.37. The molecule has 0 radical (unpaired) electrons. The van der Waals surface area contributed by atoms with Gasteiger partial charge >= 0.3 is 0 Å². The van der Waals surface area contributed by atoms with Crippen LogP contribution in [0.15, 0.2) is 60.7 Å². The first-order valence-corrected chi connectivity index (χ1v) is 10.3. The van der Waals surface area contributed by atoms with E-state index in [-0.39, 0.29) is 10.8 Å². The van der Waals surface area contributed by atoms with Gasteiger partial charge in [0.05, 0.1) is 0 Å². The molecule has 140 valence electrons. The average molecular weight is 365 g/mol. The van der Waals surface area contributed by atoms with Gasteiger partial charge in [0.15, 0.2) is 0 Å². The molecule has 0 heteroatoms. The van der Waals surface area contributed by atoms with Gasteiger partial charge in [0.25, 0.3) is 0 Å². The Morgan fingerprint density at radius 2 is 1.07 bits per heavy atom. The van der Waals surface area contributed by atoms with E-state index in [0.29, 0.717) is 0 Å². The highest BCUT2D eigenvalue weighted by molar-refractivity contribution is 6.31. The Bertz CT molecular complexity index is 1350. The Hall–Kier alpha value is -2.60. The third-order valence-electron chi connectivity index (χ3n) is 6.14.